The Morgan fingerprint density at radius 2 is 2.20 bits per heavy atom. The molecule has 2 heterocycles. The molecule has 0 aliphatic carbocycles. The Labute approximate surface area is 120 Å². The zero-order chi connectivity index (χ0) is 14.5. The van der Waals surface area contributed by atoms with Crippen LogP contribution in [0.1, 0.15) is 37.2 Å². The van der Waals surface area contributed by atoms with E-state index in [1.54, 1.807) is 13.1 Å². The van der Waals surface area contributed by atoms with Gasteiger partial charge in [-0.15, -0.1) is 10.2 Å². The minimum atomic E-state index is -0.206. The van der Waals surface area contributed by atoms with Crippen LogP contribution in [0.2, 0.25) is 0 Å². The van der Waals surface area contributed by atoms with Crippen molar-refractivity contribution >= 4 is 11.7 Å². The summed E-state index contributed by atoms with van der Waals surface area (Å²) in [5.41, 5.74) is 0.353. The van der Waals surface area contributed by atoms with Crippen molar-refractivity contribution in [3.05, 3.63) is 17.8 Å². The highest BCUT2D eigenvalue weighted by Gasteiger charge is 2.27. The number of nitrogens with one attached hydrogen (secondary N) is 2. The van der Waals surface area contributed by atoms with Crippen LogP contribution in [0.3, 0.4) is 0 Å². The van der Waals surface area contributed by atoms with Crippen molar-refractivity contribution in [1.29, 1.82) is 0 Å². The average Bonchev–Trinajstić information content (AvgIpc) is 2.53. The van der Waals surface area contributed by atoms with Crippen LogP contribution in [-0.2, 0) is 0 Å². The number of hydrogen-bond acceptors (Lipinski definition) is 5. The topological polar surface area (TPSA) is 70.2 Å². The first kappa shape index (κ1) is 14.7. The van der Waals surface area contributed by atoms with Crippen LogP contribution >= 0.6 is 0 Å². The third-order valence-corrected chi connectivity index (χ3v) is 3.87. The van der Waals surface area contributed by atoms with Crippen molar-refractivity contribution in [2.24, 2.45) is 0 Å². The smallest absolute Gasteiger partial charge is 0.271 e. The van der Waals surface area contributed by atoms with Gasteiger partial charge in [-0.2, -0.15) is 0 Å². The predicted octanol–water partition coefficient (Wildman–Crippen LogP) is 0.803. The lowest BCUT2D eigenvalue weighted by Crippen LogP contribution is -2.56. The van der Waals surface area contributed by atoms with E-state index in [0.717, 1.165) is 31.7 Å². The number of aromatic nitrogens is 2. The van der Waals surface area contributed by atoms with Crippen molar-refractivity contribution in [2.45, 2.75) is 38.8 Å². The molecular formula is C14H23N5O. The van der Waals surface area contributed by atoms with Crippen LogP contribution in [0.4, 0.5) is 5.82 Å². The normalized spacial score (nSPS) is 22.6. The van der Waals surface area contributed by atoms with Crippen LogP contribution in [-0.4, -0.2) is 48.3 Å². The van der Waals surface area contributed by atoms with E-state index >= 15 is 0 Å². The number of carbonyl (C=O) groups is 1. The minimum absolute atomic E-state index is 0.206. The summed E-state index contributed by atoms with van der Waals surface area (Å²) in [6, 6.07) is 4.53. The molecule has 1 aromatic rings. The fourth-order valence-corrected chi connectivity index (χ4v) is 2.51. The molecular weight excluding hydrogens is 254 g/mol. The summed E-state index contributed by atoms with van der Waals surface area (Å²) in [4.78, 5) is 13.8. The van der Waals surface area contributed by atoms with E-state index in [9.17, 15) is 4.79 Å². The standard InChI is InChI=1S/C14H23N5O/c1-4-10-9-19(11(5-2)8-16-10)13-7-6-12(17-18-13)14(20)15-3/h6-7,10-11,16H,4-5,8-9H2,1-3H3,(H,15,20). The number of anilines is 1. The van der Waals surface area contributed by atoms with Gasteiger partial charge in [-0.1, -0.05) is 13.8 Å². The summed E-state index contributed by atoms with van der Waals surface area (Å²) in [6.45, 7) is 6.26. The molecule has 110 valence electrons. The van der Waals surface area contributed by atoms with E-state index < -0.39 is 0 Å². The van der Waals surface area contributed by atoms with Crippen LogP contribution < -0.4 is 15.5 Å². The molecule has 1 aromatic heterocycles. The highest BCUT2D eigenvalue weighted by Crippen LogP contribution is 2.19. The first-order chi connectivity index (χ1) is 9.69. The maximum absolute atomic E-state index is 11.5. The molecule has 0 spiro atoms. The molecule has 1 amide bonds. The van der Waals surface area contributed by atoms with E-state index in [0.29, 0.717) is 17.8 Å². The second-order valence-electron chi connectivity index (χ2n) is 5.08. The molecule has 0 saturated carbocycles. The van der Waals surface area contributed by atoms with Gasteiger partial charge in [0.25, 0.3) is 5.91 Å². The minimum Gasteiger partial charge on any atom is -0.354 e. The van der Waals surface area contributed by atoms with E-state index in [4.69, 9.17) is 0 Å². The molecule has 20 heavy (non-hydrogen) atoms. The summed E-state index contributed by atoms with van der Waals surface area (Å²) in [7, 11) is 1.59. The third kappa shape index (κ3) is 3.07. The molecule has 2 rings (SSSR count). The fourth-order valence-electron chi connectivity index (χ4n) is 2.51. The molecule has 1 aliphatic rings. The van der Waals surface area contributed by atoms with Crippen molar-refractivity contribution in [1.82, 2.24) is 20.8 Å². The van der Waals surface area contributed by atoms with Crippen LogP contribution in [0.25, 0.3) is 0 Å². The Morgan fingerprint density at radius 1 is 1.40 bits per heavy atom. The number of piperazine rings is 1. The zero-order valence-electron chi connectivity index (χ0n) is 12.4. The molecule has 1 aliphatic heterocycles. The Balaban J connectivity index is 2.17. The van der Waals surface area contributed by atoms with Crippen molar-refractivity contribution in [3.8, 4) is 0 Å². The van der Waals surface area contributed by atoms with Gasteiger partial charge in [-0.25, -0.2) is 0 Å². The van der Waals surface area contributed by atoms with E-state index in [2.05, 4.69) is 39.6 Å². The number of nitrogens with zero attached hydrogens (tertiary/aromatic N) is 3. The molecule has 0 bridgehead atoms. The van der Waals surface area contributed by atoms with E-state index in [1.165, 1.54) is 0 Å². The van der Waals surface area contributed by atoms with Crippen molar-refractivity contribution in [2.75, 3.05) is 25.0 Å². The lowest BCUT2D eigenvalue weighted by atomic mass is 10.1. The molecule has 6 nitrogen and oxygen atoms in total. The molecule has 0 radical (unpaired) electrons. The highest BCUT2D eigenvalue weighted by atomic mass is 16.1. The second kappa shape index (κ2) is 6.65. The summed E-state index contributed by atoms with van der Waals surface area (Å²) in [6.07, 6.45) is 2.15. The van der Waals surface area contributed by atoms with Gasteiger partial charge >= 0.3 is 0 Å². The van der Waals surface area contributed by atoms with Gasteiger partial charge < -0.3 is 15.5 Å². The summed E-state index contributed by atoms with van der Waals surface area (Å²) in [5, 5.41) is 14.4. The van der Waals surface area contributed by atoms with Gasteiger partial charge in [0, 0.05) is 32.2 Å². The number of hydrogen-bond donors (Lipinski definition) is 2. The number of carbonyl (C=O) groups excluding carboxylic acids is 1. The van der Waals surface area contributed by atoms with Gasteiger partial charge in [0.2, 0.25) is 0 Å². The van der Waals surface area contributed by atoms with Crippen molar-refractivity contribution in [3.63, 3.8) is 0 Å². The van der Waals surface area contributed by atoms with Crippen LogP contribution in [0.15, 0.2) is 12.1 Å². The Bertz CT molecular complexity index is 447. The molecule has 2 N–H and O–H groups in total. The Hall–Kier alpha value is -1.69. The average molecular weight is 277 g/mol. The Kier molecular flexibility index (Phi) is 4.89. The van der Waals surface area contributed by atoms with Gasteiger partial charge in [-0.05, 0) is 25.0 Å². The molecule has 2 unspecified atom stereocenters. The third-order valence-electron chi connectivity index (χ3n) is 3.87. The summed E-state index contributed by atoms with van der Waals surface area (Å²) >= 11 is 0. The van der Waals surface area contributed by atoms with Gasteiger partial charge in [0.15, 0.2) is 11.5 Å². The predicted molar refractivity (Wildman–Crippen MR) is 78.9 cm³/mol. The first-order valence-corrected chi connectivity index (χ1v) is 7.25. The van der Waals surface area contributed by atoms with Crippen LogP contribution in [0.5, 0.6) is 0 Å². The SMILES string of the molecule is CCC1CN(c2ccc(C(=O)NC)nn2)C(CC)CN1. The second-order valence-corrected chi connectivity index (χ2v) is 5.08. The fraction of sp³-hybridized carbons (Fsp3) is 0.643. The summed E-state index contributed by atoms with van der Waals surface area (Å²) in [5.74, 6) is 0.646. The molecule has 1 fully saturated rings. The maximum atomic E-state index is 11.5. The van der Waals surface area contributed by atoms with Crippen LogP contribution in [0, 0.1) is 0 Å². The largest absolute Gasteiger partial charge is 0.354 e. The number of rotatable bonds is 4. The van der Waals surface area contributed by atoms with Gasteiger partial charge in [-0.3, -0.25) is 4.79 Å². The summed E-state index contributed by atoms with van der Waals surface area (Å²) < 4.78 is 0. The van der Waals surface area contributed by atoms with Gasteiger partial charge in [0.1, 0.15) is 0 Å². The maximum Gasteiger partial charge on any atom is 0.271 e. The monoisotopic (exact) mass is 277 g/mol. The van der Waals surface area contributed by atoms with E-state index in [1.807, 2.05) is 6.07 Å². The molecule has 2 atom stereocenters. The van der Waals surface area contributed by atoms with Gasteiger partial charge in [0.05, 0.1) is 0 Å². The highest BCUT2D eigenvalue weighted by molar-refractivity contribution is 5.91. The van der Waals surface area contributed by atoms with E-state index in [-0.39, 0.29) is 5.91 Å². The molecule has 1 saturated heterocycles. The van der Waals surface area contributed by atoms with Crippen molar-refractivity contribution < 1.29 is 4.79 Å². The lowest BCUT2D eigenvalue weighted by Gasteiger charge is -2.40. The quantitative estimate of drug-likeness (QED) is 0.852. The molecule has 6 heteroatoms. The zero-order valence-corrected chi connectivity index (χ0v) is 12.4. The first-order valence-electron chi connectivity index (χ1n) is 7.25. The Morgan fingerprint density at radius 3 is 2.75 bits per heavy atom. The lowest BCUT2D eigenvalue weighted by molar-refractivity contribution is 0.0957. The molecule has 0 aromatic carbocycles. The number of amides is 1.